The zero-order valence-corrected chi connectivity index (χ0v) is 19.5. The Morgan fingerprint density at radius 3 is 2.76 bits per heavy atom. The molecule has 2 heterocycles. The Hall–Kier alpha value is -3.45. The van der Waals surface area contributed by atoms with Crippen LogP contribution in [0.1, 0.15) is 66.7 Å². The monoisotopic (exact) mass is 441 g/mol. The van der Waals surface area contributed by atoms with Crippen LogP contribution in [-0.2, 0) is 11.2 Å². The van der Waals surface area contributed by atoms with Crippen molar-refractivity contribution in [1.82, 2.24) is 4.98 Å². The van der Waals surface area contributed by atoms with Gasteiger partial charge in [-0.2, -0.15) is 0 Å². The number of fused-ring (bicyclic) bond motifs is 1. The van der Waals surface area contributed by atoms with Crippen LogP contribution in [0.5, 0.6) is 5.75 Å². The summed E-state index contributed by atoms with van der Waals surface area (Å²) >= 11 is 0. The van der Waals surface area contributed by atoms with E-state index in [0.717, 1.165) is 45.7 Å². The van der Waals surface area contributed by atoms with Gasteiger partial charge in [0.15, 0.2) is 0 Å². The van der Waals surface area contributed by atoms with E-state index in [1.165, 1.54) is 6.07 Å². The molecule has 0 N–H and O–H groups in total. The van der Waals surface area contributed by atoms with Crippen LogP contribution in [-0.4, -0.2) is 10.8 Å². The van der Waals surface area contributed by atoms with Crippen LogP contribution in [0.25, 0.3) is 11.1 Å². The normalized spacial score (nSPS) is 15.6. The third-order valence-corrected chi connectivity index (χ3v) is 6.14. The highest BCUT2D eigenvalue weighted by Gasteiger charge is 2.25. The second kappa shape index (κ2) is 9.58. The van der Waals surface area contributed by atoms with Gasteiger partial charge in [0.1, 0.15) is 23.5 Å². The molecule has 2 aromatic carbocycles. The number of ether oxygens (including phenoxy) is 1. The number of carbonyl (C=O) groups is 1. The van der Waals surface area contributed by atoms with Crippen LogP contribution in [0, 0.1) is 31.5 Å². The molecule has 1 aliphatic heterocycles. The van der Waals surface area contributed by atoms with Crippen molar-refractivity contribution < 1.29 is 13.9 Å². The minimum atomic E-state index is -0.356. The zero-order chi connectivity index (χ0) is 23.5. The predicted octanol–water partition coefficient (Wildman–Crippen LogP) is 6.66. The van der Waals surface area contributed by atoms with E-state index < -0.39 is 0 Å². The molecule has 0 radical (unpaired) electrons. The molecule has 0 saturated carbocycles. The molecule has 33 heavy (non-hydrogen) atoms. The third kappa shape index (κ3) is 4.98. The molecule has 3 nitrogen and oxygen atoms in total. The van der Waals surface area contributed by atoms with Crippen molar-refractivity contribution in [2.24, 2.45) is 0 Å². The first-order chi connectivity index (χ1) is 15.9. The minimum Gasteiger partial charge on any atom is -0.485 e. The first-order valence-electron chi connectivity index (χ1n) is 11.3. The molecule has 3 aromatic rings. The van der Waals surface area contributed by atoms with Gasteiger partial charge in [-0.05, 0) is 87.1 Å². The summed E-state index contributed by atoms with van der Waals surface area (Å²) in [7, 11) is 0. The number of hydrogen-bond acceptors (Lipinski definition) is 3. The molecule has 0 fully saturated rings. The highest BCUT2D eigenvalue weighted by Crippen LogP contribution is 2.39. The van der Waals surface area contributed by atoms with E-state index in [2.05, 4.69) is 22.9 Å². The van der Waals surface area contributed by atoms with Crippen molar-refractivity contribution in [3.63, 3.8) is 0 Å². The molecule has 4 rings (SSSR count). The number of pyridine rings is 1. The summed E-state index contributed by atoms with van der Waals surface area (Å²) in [6, 6.07) is 13.2. The van der Waals surface area contributed by atoms with Crippen LogP contribution in [0.3, 0.4) is 0 Å². The van der Waals surface area contributed by atoms with Crippen molar-refractivity contribution in [2.75, 3.05) is 0 Å². The van der Waals surface area contributed by atoms with Gasteiger partial charge in [-0.1, -0.05) is 24.1 Å². The summed E-state index contributed by atoms with van der Waals surface area (Å²) in [5.41, 5.74) is 6.66. The first-order valence-corrected chi connectivity index (χ1v) is 11.3. The number of Topliss-reactive ketones (excluding diaryl/α,β-unsaturated/α-hetero) is 1. The summed E-state index contributed by atoms with van der Waals surface area (Å²) in [6.45, 7) is 7.38. The van der Waals surface area contributed by atoms with Crippen LogP contribution in [0.4, 0.5) is 4.39 Å². The van der Waals surface area contributed by atoms with Crippen molar-refractivity contribution in [3.05, 3.63) is 82.4 Å². The van der Waals surface area contributed by atoms with Gasteiger partial charge in [0.05, 0.1) is 5.92 Å². The molecule has 0 spiro atoms. The number of aromatic nitrogens is 1. The first kappa shape index (κ1) is 22.7. The van der Waals surface area contributed by atoms with E-state index in [9.17, 15) is 9.18 Å². The average molecular weight is 442 g/mol. The number of carbonyl (C=O) groups excluding carboxylic acids is 1. The number of halogens is 1. The lowest BCUT2D eigenvalue weighted by molar-refractivity contribution is -0.117. The fourth-order valence-corrected chi connectivity index (χ4v) is 4.51. The maximum atomic E-state index is 14.8. The molecule has 1 aromatic heterocycles. The van der Waals surface area contributed by atoms with E-state index >= 15 is 0 Å². The molecule has 0 aliphatic carbocycles. The summed E-state index contributed by atoms with van der Waals surface area (Å²) < 4.78 is 21.1. The molecule has 1 aliphatic rings. The summed E-state index contributed by atoms with van der Waals surface area (Å²) in [4.78, 5) is 16.1. The van der Waals surface area contributed by atoms with Gasteiger partial charge >= 0.3 is 0 Å². The maximum Gasteiger partial charge on any atom is 0.131 e. The highest BCUT2D eigenvalue weighted by atomic mass is 19.1. The van der Waals surface area contributed by atoms with E-state index in [1.807, 2.05) is 44.3 Å². The Labute approximate surface area is 195 Å². The summed E-state index contributed by atoms with van der Waals surface area (Å²) in [5.74, 6) is 6.58. The maximum absolute atomic E-state index is 14.8. The van der Waals surface area contributed by atoms with Gasteiger partial charge in [0.2, 0.25) is 0 Å². The van der Waals surface area contributed by atoms with Crippen molar-refractivity contribution >= 4 is 5.78 Å². The Morgan fingerprint density at radius 2 is 2.03 bits per heavy atom. The SMILES string of the molecule is CC#CC(CC(C)=O)c1ccc2c(c1)CCC(c1cc(-c3cnc(C)cc3C)ccc1F)O2. The molecule has 2 unspecified atom stereocenters. The molecule has 0 saturated heterocycles. The van der Waals surface area contributed by atoms with Crippen LogP contribution >= 0.6 is 0 Å². The number of rotatable bonds is 5. The van der Waals surface area contributed by atoms with Crippen molar-refractivity contribution in [3.8, 4) is 28.7 Å². The lowest BCUT2D eigenvalue weighted by Crippen LogP contribution is -2.17. The van der Waals surface area contributed by atoms with Crippen LogP contribution < -0.4 is 4.74 Å². The lowest BCUT2D eigenvalue weighted by Gasteiger charge is -2.28. The smallest absolute Gasteiger partial charge is 0.131 e. The van der Waals surface area contributed by atoms with E-state index in [-0.39, 0.29) is 23.6 Å². The molecule has 0 amide bonds. The zero-order valence-electron chi connectivity index (χ0n) is 19.5. The molecule has 168 valence electrons. The number of ketones is 1. The molecular weight excluding hydrogens is 413 g/mol. The van der Waals surface area contributed by atoms with Gasteiger partial charge < -0.3 is 4.74 Å². The van der Waals surface area contributed by atoms with E-state index in [1.54, 1.807) is 19.9 Å². The van der Waals surface area contributed by atoms with Crippen LogP contribution in [0.15, 0.2) is 48.7 Å². The quantitative estimate of drug-likeness (QED) is 0.416. The second-order valence-corrected chi connectivity index (χ2v) is 8.74. The summed E-state index contributed by atoms with van der Waals surface area (Å²) in [6.07, 6.45) is 3.34. The standard InChI is InChI=1S/C29H28FNO2/c1-5-6-21(14-20(4)32)22-8-11-28-24(15-22)9-12-29(33-28)25-16-23(7-10-27(25)30)26-17-31-19(3)13-18(26)2/h7-8,10-11,13,15-17,21,29H,9,12,14H2,1-4H3. The topological polar surface area (TPSA) is 39.2 Å². The number of aryl methyl sites for hydroxylation is 3. The van der Waals surface area contributed by atoms with E-state index in [4.69, 9.17) is 4.74 Å². The number of nitrogens with zero attached hydrogens (tertiary/aromatic N) is 1. The van der Waals surface area contributed by atoms with Gasteiger partial charge in [0, 0.05) is 29.4 Å². The fraction of sp³-hybridized carbons (Fsp3) is 0.310. The highest BCUT2D eigenvalue weighted by molar-refractivity contribution is 5.77. The molecular formula is C29H28FNO2. The van der Waals surface area contributed by atoms with Gasteiger partial charge in [0.25, 0.3) is 0 Å². The second-order valence-electron chi connectivity index (χ2n) is 8.74. The Bertz CT molecular complexity index is 1270. The Morgan fingerprint density at radius 1 is 1.21 bits per heavy atom. The number of hydrogen-bond donors (Lipinski definition) is 0. The van der Waals surface area contributed by atoms with Gasteiger partial charge in [-0.15, -0.1) is 5.92 Å². The fourth-order valence-electron chi connectivity index (χ4n) is 4.51. The van der Waals surface area contributed by atoms with E-state index in [0.29, 0.717) is 18.4 Å². The van der Waals surface area contributed by atoms with Crippen LogP contribution in [0.2, 0.25) is 0 Å². The molecule has 4 heteroatoms. The van der Waals surface area contributed by atoms with Crippen molar-refractivity contribution in [1.29, 1.82) is 0 Å². The lowest BCUT2D eigenvalue weighted by atomic mass is 9.89. The number of benzene rings is 2. The Kier molecular flexibility index (Phi) is 6.60. The Balaban J connectivity index is 1.61. The largest absolute Gasteiger partial charge is 0.485 e. The summed E-state index contributed by atoms with van der Waals surface area (Å²) in [5, 5.41) is 0. The third-order valence-electron chi connectivity index (χ3n) is 6.14. The van der Waals surface area contributed by atoms with Gasteiger partial charge in [-0.3, -0.25) is 9.78 Å². The molecule has 2 atom stereocenters. The van der Waals surface area contributed by atoms with Crippen molar-refractivity contribution in [2.45, 2.75) is 59.0 Å². The predicted molar refractivity (Wildman–Crippen MR) is 129 cm³/mol. The average Bonchev–Trinajstić information content (AvgIpc) is 2.78. The molecule has 0 bridgehead atoms. The minimum absolute atomic E-state index is 0.115. The van der Waals surface area contributed by atoms with Gasteiger partial charge in [-0.25, -0.2) is 4.39 Å².